The monoisotopic (exact) mass is 313 g/mol. The van der Waals surface area contributed by atoms with Gasteiger partial charge < -0.3 is 10.5 Å². The predicted molar refractivity (Wildman–Crippen MR) is 69.9 cm³/mol. The van der Waals surface area contributed by atoms with E-state index in [1.54, 1.807) is 37.2 Å². The fourth-order valence-corrected chi connectivity index (χ4v) is 2.05. The summed E-state index contributed by atoms with van der Waals surface area (Å²) in [7, 11) is 3.32. The average Bonchev–Trinajstić information content (AvgIpc) is 2.73. The van der Waals surface area contributed by atoms with Gasteiger partial charge in [0.15, 0.2) is 5.75 Å². The minimum atomic E-state index is -0.491. The number of nitrogens with two attached hydrogens (primary N) is 1. The summed E-state index contributed by atoms with van der Waals surface area (Å²) in [5.74, 6) is 0.248. The first-order valence-corrected chi connectivity index (χ1v) is 6.10. The second kappa shape index (κ2) is 5.07. The number of methoxy groups -OCH3 is 1. The molecular formula is C12H13BrFN3O. The van der Waals surface area contributed by atoms with Crippen LogP contribution in [-0.2, 0) is 7.05 Å². The molecule has 96 valence electrons. The Hall–Kier alpha value is -1.40. The predicted octanol–water partition coefficient (Wildman–Crippen LogP) is 2.38. The van der Waals surface area contributed by atoms with E-state index in [0.29, 0.717) is 21.5 Å². The van der Waals surface area contributed by atoms with Crippen molar-refractivity contribution >= 4 is 15.9 Å². The number of nitrogens with zero attached hydrogens (tertiary/aromatic N) is 2. The quantitative estimate of drug-likeness (QED) is 0.946. The standard InChI is InChI=1S/C12H13BrFN3O/c1-17-12(10(18-2)6-16-17)11(15)7-3-4-8(13)9(14)5-7/h3-6,11H,15H2,1-2H3. The lowest BCUT2D eigenvalue weighted by molar-refractivity contribution is 0.406. The molecule has 0 aliphatic heterocycles. The van der Waals surface area contributed by atoms with Crippen molar-refractivity contribution in [1.82, 2.24) is 9.78 Å². The molecule has 2 rings (SSSR count). The van der Waals surface area contributed by atoms with Gasteiger partial charge in [0.2, 0.25) is 0 Å². The van der Waals surface area contributed by atoms with Gasteiger partial charge in [-0.3, -0.25) is 4.68 Å². The summed E-state index contributed by atoms with van der Waals surface area (Å²) in [4.78, 5) is 0. The highest BCUT2D eigenvalue weighted by Crippen LogP contribution is 2.29. The molecule has 2 N–H and O–H groups in total. The lowest BCUT2D eigenvalue weighted by Gasteiger charge is -2.14. The largest absolute Gasteiger partial charge is 0.493 e. The summed E-state index contributed by atoms with van der Waals surface area (Å²) in [6.07, 6.45) is 1.59. The number of hydrogen-bond donors (Lipinski definition) is 1. The van der Waals surface area contributed by atoms with E-state index in [1.807, 2.05) is 0 Å². The molecule has 0 spiro atoms. The van der Waals surface area contributed by atoms with Crippen LogP contribution < -0.4 is 10.5 Å². The van der Waals surface area contributed by atoms with Gasteiger partial charge in [0.1, 0.15) is 11.5 Å². The van der Waals surface area contributed by atoms with Crippen molar-refractivity contribution in [3.8, 4) is 5.75 Å². The summed E-state index contributed by atoms with van der Waals surface area (Å²) in [5, 5.41) is 4.08. The molecule has 0 saturated carbocycles. The van der Waals surface area contributed by atoms with Crippen molar-refractivity contribution in [1.29, 1.82) is 0 Å². The number of rotatable bonds is 3. The van der Waals surface area contributed by atoms with Crippen LogP contribution in [0.3, 0.4) is 0 Å². The molecule has 2 aromatic rings. The first-order chi connectivity index (χ1) is 8.54. The number of hydrogen-bond acceptors (Lipinski definition) is 3. The van der Waals surface area contributed by atoms with Gasteiger partial charge in [0.05, 0.1) is 23.8 Å². The highest BCUT2D eigenvalue weighted by Gasteiger charge is 2.19. The van der Waals surface area contributed by atoms with Crippen molar-refractivity contribution in [2.24, 2.45) is 12.8 Å². The number of aryl methyl sites for hydroxylation is 1. The van der Waals surface area contributed by atoms with E-state index < -0.39 is 6.04 Å². The van der Waals surface area contributed by atoms with E-state index in [-0.39, 0.29) is 5.82 Å². The Morgan fingerprint density at radius 3 is 2.83 bits per heavy atom. The fourth-order valence-electron chi connectivity index (χ4n) is 1.80. The second-order valence-corrected chi connectivity index (χ2v) is 4.73. The molecular weight excluding hydrogens is 301 g/mol. The molecule has 0 radical (unpaired) electrons. The third-order valence-electron chi connectivity index (χ3n) is 2.77. The van der Waals surface area contributed by atoms with Crippen LogP contribution in [0, 0.1) is 5.82 Å². The van der Waals surface area contributed by atoms with Crippen LogP contribution >= 0.6 is 15.9 Å². The van der Waals surface area contributed by atoms with E-state index in [1.165, 1.54) is 6.07 Å². The highest BCUT2D eigenvalue weighted by molar-refractivity contribution is 9.10. The van der Waals surface area contributed by atoms with Gasteiger partial charge in [0, 0.05) is 7.05 Å². The lowest BCUT2D eigenvalue weighted by atomic mass is 10.0. The smallest absolute Gasteiger partial charge is 0.161 e. The minimum Gasteiger partial charge on any atom is -0.493 e. The third kappa shape index (κ3) is 2.26. The van der Waals surface area contributed by atoms with Gasteiger partial charge in [0.25, 0.3) is 0 Å². The van der Waals surface area contributed by atoms with Gasteiger partial charge in [-0.25, -0.2) is 4.39 Å². The Kier molecular flexibility index (Phi) is 3.68. The van der Waals surface area contributed by atoms with E-state index in [2.05, 4.69) is 21.0 Å². The Morgan fingerprint density at radius 1 is 1.50 bits per heavy atom. The molecule has 1 heterocycles. The van der Waals surface area contributed by atoms with E-state index in [0.717, 1.165) is 0 Å². The Balaban J connectivity index is 2.44. The van der Waals surface area contributed by atoms with Gasteiger partial charge in [-0.05, 0) is 33.6 Å². The average molecular weight is 314 g/mol. The molecule has 0 bridgehead atoms. The Morgan fingerprint density at radius 2 is 2.22 bits per heavy atom. The number of aromatic nitrogens is 2. The molecule has 6 heteroatoms. The van der Waals surface area contributed by atoms with Crippen LogP contribution in [0.5, 0.6) is 5.75 Å². The lowest BCUT2D eigenvalue weighted by Crippen LogP contribution is -2.17. The van der Waals surface area contributed by atoms with Crippen LogP contribution in [0.15, 0.2) is 28.9 Å². The van der Waals surface area contributed by atoms with Crippen LogP contribution in [0.4, 0.5) is 4.39 Å². The van der Waals surface area contributed by atoms with Crippen molar-refractivity contribution in [3.05, 3.63) is 45.9 Å². The molecule has 0 saturated heterocycles. The topological polar surface area (TPSA) is 53.1 Å². The molecule has 1 aromatic heterocycles. The van der Waals surface area contributed by atoms with E-state index in [9.17, 15) is 4.39 Å². The van der Waals surface area contributed by atoms with Gasteiger partial charge >= 0.3 is 0 Å². The third-order valence-corrected chi connectivity index (χ3v) is 3.41. The molecule has 4 nitrogen and oxygen atoms in total. The minimum absolute atomic E-state index is 0.343. The molecule has 0 amide bonds. The summed E-state index contributed by atoms with van der Waals surface area (Å²) in [6.45, 7) is 0. The maximum absolute atomic E-state index is 13.5. The second-order valence-electron chi connectivity index (χ2n) is 3.87. The molecule has 18 heavy (non-hydrogen) atoms. The summed E-state index contributed by atoms with van der Waals surface area (Å²) in [5.41, 5.74) is 7.51. The SMILES string of the molecule is COc1cnn(C)c1C(N)c1ccc(Br)c(F)c1. The van der Waals surface area contributed by atoms with Crippen LogP contribution in [-0.4, -0.2) is 16.9 Å². The van der Waals surface area contributed by atoms with E-state index >= 15 is 0 Å². The molecule has 1 aromatic carbocycles. The van der Waals surface area contributed by atoms with Crippen LogP contribution in [0.2, 0.25) is 0 Å². The Labute approximate surface area is 113 Å². The van der Waals surface area contributed by atoms with Crippen molar-refractivity contribution in [2.45, 2.75) is 6.04 Å². The molecule has 1 atom stereocenters. The number of halogens is 2. The van der Waals surface area contributed by atoms with Gasteiger partial charge in [-0.1, -0.05) is 6.07 Å². The first kappa shape index (κ1) is 13.0. The zero-order valence-electron chi connectivity index (χ0n) is 10.0. The summed E-state index contributed by atoms with van der Waals surface area (Å²) >= 11 is 3.11. The molecule has 0 fully saturated rings. The van der Waals surface area contributed by atoms with Gasteiger partial charge in [-0.2, -0.15) is 5.10 Å². The van der Waals surface area contributed by atoms with Crippen molar-refractivity contribution in [2.75, 3.05) is 7.11 Å². The summed E-state index contributed by atoms with van der Waals surface area (Å²) in [6, 6.07) is 4.31. The zero-order valence-corrected chi connectivity index (χ0v) is 11.6. The van der Waals surface area contributed by atoms with Crippen LogP contribution in [0.25, 0.3) is 0 Å². The Bertz CT molecular complexity index is 570. The van der Waals surface area contributed by atoms with Crippen molar-refractivity contribution in [3.63, 3.8) is 0 Å². The fraction of sp³-hybridized carbons (Fsp3) is 0.250. The molecule has 1 unspecified atom stereocenters. The van der Waals surface area contributed by atoms with Crippen LogP contribution in [0.1, 0.15) is 17.3 Å². The molecule has 0 aliphatic rings. The highest BCUT2D eigenvalue weighted by atomic mass is 79.9. The summed E-state index contributed by atoms with van der Waals surface area (Å²) < 4.78 is 20.7. The number of ether oxygens (including phenoxy) is 1. The first-order valence-electron chi connectivity index (χ1n) is 5.31. The maximum Gasteiger partial charge on any atom is 0.161 e. The van der Waals surface area contributed by atoms with Crippen molar-refractivity contribution < 1.29 is 9.13 Å². The van der Waals surface area contributed by atoms with E-state index in [4.69, 9.17) is 10.5 Å². The van der Waals surface area contributed by atoms with Gasteiger partial charge in [-0.15, -0.1) is 0 Å². The zero-order chi connectivity index (χ0) is 13.3. The maximum atomic E-state index is 13.5. The molecule has 0 aliphatic carbocycles. The normalized spacial score (nSPS) is 12.5. The number of benzene rings is 1.